The Labute approximate surface area is 172 Å². The molecule has 1 aliphatic rings. The maximum Gasteiger partial charge on any atom is 0.274 e. The van der Waals surface area contributed by atoms with Gasteiger partial charge in [0.05, 0.1) is 23.6 Å². The highest BCUT2D eigenvalue weighted by Gasteiger charge is 2.21. The number of rotatable bonds is 4. The molecule has 1 unspecified atom stereocenters. The molecule has 0 aliphatic carbocycles. The molecule has 0 spiro atoms. The lowest BCUT2D eigenvalue weighted by Crippen LogP contribution is -2.24. The lowest BCUT2D eigenvalue weighted by atomic mass is 9.99. The lowest BCUT2D eigenvalue weighted by Gasteiger charge is -2.13. The summed E-state index contributed by atoms with van der Waals surface area (Å²) in [6.45, 7) is 2.29. The summed E-state index contributed by atoms with van der Waals surface area (Å²) in [5.41, 5.74) is 2.45. The van der Waals surface area contributed by atoms with E-state index in [1.165, 1.54) is 16.8 Å². The van der Waals surface area contributed by atoms with Crippen LogP contribution in [0.4, 0.5) is 10.1 Å². The Morgan fingerprint density at radius 1 is 1.21 bits per heavy atom. The van der Waals surface area contributed by atoms with E-state index in [-0.39, 0.29) is 23.8 Å². The molecule has 0 amide bonds. The first-order valence-electron chi connectivity index (χ1n) is 9.46. The van der Waals surface area contributed by atoms with Gasteiger partial charge in [0.2, 0.25) is 0 Å². The smallest absolute Gasteiger partial charge is 0.274 e. The predicted molar refractivity (Wildman–Crippen MR) is 113 cm³/mol. The molecule has 0 radical (unpaired) electrons. The summed E-state index contributed by atoms with van der Waals surface area (Å²) in [6, 6.07) is 15.3. The average Bonchev–Trinajstić information content (AvgIpc) is 2.88. The van der Waals surface area contributed by atoms with E-state index in [0.29, 0.717) is 22.2 Å². The van der Waals surface area contributed by atoms with Gasteiger partial charge in [-0.1, -0.05) is 42.8 Å². The highest BCUT2D eigenvalue weighted by molar-refractivity contribution is 6.30. The van der Waals surface area contributed by atoms with E-state index in [0.717, 1.165) is 24.1 Å². The zero-order valence-corrected chi connectivity index (χ0v) is 16.7. The minimum absolute atomic E-state index is 0.0599. The van der Waals surface area contributed by atoms with Gasteiger partial charge in [0.1, 0.15) is 11.6 Å². The fourth-order valence-electron chi connectivity index (χ4n) is 3.34. The second-order valence-electron chi connectivity index (χ2n) is 7.08. The number of nitrogens with zero attached hydrogens (tertiary/aromatic N) is 3. The first-order chi connectivity index (χ1) is 14.0. The minimum atomic E-state index is -0.343. The van der Waals surface area contributed by atoms with Gasteiger partial charge in [-0.3, -0.25) is 4.79 Å². The van der Waals surface area contributed by atoms with Crippen LogP contribution in [0.3, 0.4) is 0 Å². The summed E-state index contributed by atoms with van der Waals surface area (Å²) in [7, 11) is 0. The summed E-state index contributed by atoms with van der Waals surface area (Å²) in [5.74, 6) is 0.334. The molecule has 1 aromatic heterocycles. The van der Waals surface area contributed by atoms with Crippen molar-refractivity contribution >= 4 is 23.0 Å². The number of fused-ring (bicyclic) bond motifs is 1. The number of aromatic nitrogens is 2. The van der Waals surface area contributed by atoms with Gasteiger partial charge in [-0.2, -0.15) is 9.78 Å². The molecular weight excluding hydrogens is 391 g/mol. The molecule has 1 aliphatic heterocycles. The summed E-state index contributed by atoms with van der Waals surface area (Å²) < 4.78 is 15.2. The maximum absolute atomic E-state index is 13.8. The fourth-order valence-corrected chi connectivity index (χ4v) is 3.47. The fraction of sp³-hybridized carbons (Fsp3) is 0.227. The normalized spacial score (nSPS) is 16.0. The molecule has 0 saturated carbocycles. The van der Waals surface area contributed by atoms with Gasteiger partial charge in [0.25, 0.3) is 5.56 Å². The third kappa shape index (κ3) is 4.22. The van der Waals surface area contributed by atoms with Crippen LogP contribution in [0.1, 0.15) is 42.8 Å². The van der Waals surface area contributed by atoms with Crippen molar-refractivity contribution in [3.63, 3.8) is 0 Å². The Morgan fingerprint density at radius 2 is 1.97 bits per heavy atom. The van der Waals surface area contributed by atoms with Crippen LogP contribution in [0.25, 0.3) is 0 Å². The van der Waals surface area contributed by atoms with Crippen molar-refractivity contribution in [3.05, 3.63) is 92.9 Å². The number of benzene rings is 2. The molecule has 0 fully saturated rings. The molecular formula is C22H20ClFN4O. The van der Waals surface area contributed by atoms with Crippen LogP contribution in [-0.4, -0.2) is 15.4 Å². The summed E-state index contributed by atoms with van der Waals surface area (Å²) in [6.07, 6.45) is 1.55. The van der Waals surface area contributed by atoms with Gasteiger partial charge < -0.3 is 5.32 Å². The number of anilines is 1. The van der Waals surface area contributed by atoms with Crippen molar-refractivity contribution in [2.45, 2.75) is 32.2 Å². The first kappa shape index (κ1) is 19.3. The van der Waals surface area contributed by atoms with Gasteiger partial charge in [-0.15, -0.1) is 0 Å². The molecule has 29 heavy (non-hydrogen) atoms. The molecule has 0 saturated heterocycles. The third-order valence-corrected chi connectivity index (χ3v) is 5.21. The summed E-state index contributed by atoms with van der Waals surface area (Å²) in [4.78, 5) is 17.4. The third-order valence-electron chi connectivity index (χ3n) is 4.96. The molecule has 5 nitrogen and oxygen atoms in total. The molecule has 1 N–H and O–H groups in total. The van der Waals surface area contributed by atoms with Gasteiger partial charge in [-0.25, -0.2) is 9.37 Å². The van der Waals surface area contributed by atoms with Gasteiger partial charge in [-0.05, 0) is 42.7 Å². The first-order valence-corrected chi connectivity index (χ1v) is 9.84. The molecule has 1 atom stereocenters. The lowest BCUT2D eigenvalue weighted by molar-refractivity contribution is 0.605. The number of hydrogen-bond acceptors (Lipinski definition) is 4. The van der Waals surface area contributed by atoms with Crippen molar-refractivity contribution in [2.24, 2.45) is 5.10 Å². The van der Waals surface area contributed by atoms with Crippen molar-refractivity contribution < 1.29 is 4.39 Å². The Kier molecular flexibility index (Phi) is 5.45. The number of para-hydroxylation sites is 1. The quantitative estimate of drug-likeness (QED) is 0.672. The van der Waals surface area contributed by atoms with Gasteiger partial charge >= 0.3 is 0 Å². The van der Waals surface area contributed by atoms with E-state index in [1.54, 1.807) is 18.2 Å². The Morgan fingerprint density at radius 3 is 2.72 bits per heavy atom. The second kappa shape index (κ2) is 8.17. The van der Waals surface area contributed by atoms with E-state index in [1.807, 2.05) is 31.2 Å². The zero-order chi connectivity index (χ0) is 20.4. The highest BCUT2D eigenvalue weighted by atomic mass is 35.5. The predicted octanol–water partition coefficient (Wildman–Crippen LogP) is 4.80. The second-order valence-corrected chi connectivity index (χ2v) is 7.52. The van der Waals surface area contributed by atoms with E-state index >= 15 is 0 Å². The minimum Gasteiger partial charge on any atom is -0.377 e. The molecule has 7 heteroatoms. The van der Waals surface area contributed by atoms with Crippen LogP contribution < -0.4 is 10.9 Å². The molecule has 4 rings (SSSR count). The van der Waals surface area contributed by atoms with Gasteiger partial charge in [0.15, 0.2) is 0 Å². The number of nitrogens with one attached hydrogen (secondary N) is 1. The number of hydrogen-bond donors (Lipinski definition) is 1. The maximum atomic E-state index is 13.8. The number of halogens is 2. The largest absolute Gasteiger partial charge is 0.377 e. The van der Waals surface area contributed by atoms with E-state index in [2.05, 4.69) is 15.4 Å². The van der Waals surface area contributed by atoms with Crippen molar-refractivity contribution in [2.75, 3.05) is 5.32 Å². The van der Waals surface area contributed by atoms with Crippen molar-refractivity contribution in [1.29, 1.82) is 0 Å². The van der Waals surface area contributed by atoms with Crippen molar-refractivity contribution in [1.82, 2.24) is 9.66 Å². The van der Waals surface area contributed by atoms with Crippen molar-refractivity contribution in [3.8, 4) is 0 Å². The van der Waals surface area contributed by atoms with Crippen LogP contribution in [0, 0.1) is 5.82 Å². The summed E-state index contributed by atoms with van der Waals surface area (Å²) >= 11 is 5.98. The van der Waals surface area contributed by atoms with Crippen LogP contribution in [0.2, 0.25) is 5.02 Å². The highest BCUT2D eigenvalue weighted by Crippen LogP contribution is 2.24. The Bertz CT molecular complexity index is 1120. The van der Waals surface area contributed by atoms with Crippen LogP contribution in [0.5, 0.6) is 0 Å². The summed E-state index contributed by atoms with van der Waals surface area (Å²) in [5, 5.41) is 8.25. The Balaban J connectivity index is 1.66. The van der Waals surface area contributed by atoms with Crippen LogP contribution >= 0.6 is 11.6 Å². The van der Waals surface area contributed by atoms with Gasteiger partial charge in [0, 0.05) is 17.0 Å². The standard InChI is InChI=1S/C22H20ClFN4O/c1-14-6-11-19(15-7-9-16(23)10-8-15)27-28-21(29)12-17(26-22(14)28)13-25-20-5-3-2-4-18(20)24/h2-5,7-10,12,14,25H,6,11,13H2,1H3. The topological polar surface area (TPSA) is 59.3 Å². The van der Waals surface area contributed by atoms with Crippen LogP contribution in [0.15, 0.2) is 64.5 Å². The van der Waals surface area contributed by atoms with E-state index < -0.39 is 0 Å². The monoisotopic (exact) mass is 410 g/mol. The molecule has 3 aromatic rings. The Hall–Kier alpha value is -2.99. The molecule has 148 valence electrons. The van der Waals surface area contributed by atoms with Crippen LogP contribution in [-0.2, 0) is 6.54 Å². The SMILES string of the molecule is CC1CCC(c2ccc(Cl)cc2)=Nn2c1nc(CNc1ccccc1F)cc2=O. The molecule has 2 aromatic carbocycles. The molecule has 0 bridgehead atoms. The van der Waals surface area contributed by atoms with E-state index in [4.69, 9.17) is 11.6 Å². The average molecular weight is 411 g/mol. The zero-order valence-electron chi connectivity index (χ0n) is 15.9. The van der Waals surface area contributed by atoms with E-state index in [9.17, 15) is 9.18 Å². The molecule has 2 heterocycles.